The zero-order valence-corrected chi connectivity index (χ0v) is 35.6. The number of hydrogen-bond acceptors (Lipinski definition) is 1. The Bertz CT molecular complexity index is 3520. The van der Waals surface area contributed by atoms with Gasteiger partial charge in [-0.1, -0.05) is 206 Å². The molecule has 0 aliphatic carbocycles. The minimum atomic E-state index is -2.86. The summed E-state index contributed by atoms with van der Waals surface area (Å²) in [6, 6.07) is 94.5. The van der Waals surface area contributed by atoms with Gasteiger partial charge in [-0.15, -0.1) is 0 Å². The summed E-state index contributed by atoms with van der Waals surface area (Å²) in [4.78, 5) is 2.52. The largest absolute Gasteiger partial charge is 0.308 e. The fraction of sp³-hybridized carbons (Fsp3) is 0. The van der Waals surface area contributed by atoms with Crippen LogP contribution in [0, 0.1) is 0 Å². The first-order chi connectivity index (χ1) is 31.3. The molecule has 12 rings (SSSR count). The van der Waals surface area contributed by atoms with Crippen molar-refractivity contribution in [3.05, 3.63) is 255 Å². The Morgan fingerprint density at radius 1 is 0.302 bits per heavy atom. The van der Waals surface area contributed by atoms with Gasteiger partial charge in [0.25, 0.3) is 0 Å². The van der Waals surface area contributed by atoms with Crippen LogP contribution >= 0.6 is 0 Å². The number of benzene rings is 11. The average Bonchev–Trinajstić information content (AvgIpc) is 3.71. The first-order valence-corrected chi connectivity index (χ1v) is 23.8. The average molecular weight is 819 g/mol. The van der Waals surface area contributed by atoms with Gasteiger partial charge in [-0.25, -0.2) is 0 Å². The van der Waals surface area contributed by atoms with Gasteiger partial charge in [0.05, 0.1) is 16.7 Å². The van der Waals surface area contributed by atoms with Crippen LogP contribution in [0.15, 0.2) is 255 Å². The second-order valence-corrected chi connectivity index (χ2v) is 20.3. The van der Waals surface area contributed by atoms with Crippen molar-refractivity contribution in [3.63, 3.8) is 0 Å². The monoisotopic (exact) mass is 818 g/mol. The number of aromatic nitrogens is 1. The Kier molecular flexibility index (Phi) is 8.87. The standard InChI is InChI=1S/C60H42N2Si/c1-5-20-45(21-6-1)62-58-33-16-15-31-55(58)56-32-18-34-59(60(56)62)61(47-38-35-44-37-39-53-52-30-14-13-19-43(52)36-40-54(53)57(44)42-47)46-22-17-29-51(41-46)63(48-23-7-2-8-24-48,49-25-9-3-10-26-49)50-27-11-4-12-28-50/h1-42H. The molecule has 1 aromatic heterocycles. The fourth-order valence-corrected chi connectivity index (χ4v) is 15.1. The third-order valence-corrected chi connectivity index (χ3v) is 17.8. The second kappa shape index (κ2) is 15.2. The van der Waals surface area contributed by atoms with Crippen molar-refractivity contribution >= 4 is 100 Å². The number of para-hydroxylation sites is 3. The van der Waals surface area contributed by atoms with Gasteiger partial charge in [0.15, 0.2) is 8.07 Å². The van der Waals surface area contributed by atoms with Crippen molar-refractivity contribution < 1.29 is 0 Å². The molecule has 0 saturated heterocycles. The predicted molar refractivity (Wildman–Crippen MR) is 272 cm³/mol. The second-order valence-electron chi connectivity index (χ2n) is 16.4. The molecule has 11 aromatic carbocycles. The maximum absolute atomic E-state index is 2.86. The first kappa shape index (κ1) is 36.8. The fourth-order valence-electron chi connectivity index (χ4n) is 10.3. The van der Waals surface area contributed by atoms with E-state index < -0.39 is 8.07 Å². The molecule has 1 heterocycles. The maximum Gasteiger partial charge on any atom is 0.179 e. The van der Waals surface area contributed by atoms with E-state index in [1.165, 1.54) is 69.4 Å². The SMILES string of the molecule is c1ccc(-n2c3ccccc3c3cccc(N(c4cccc([Si](c5ccccc5)(c5ccccc5)c5ccccc5)c4)c4ccc5ccc6c7ccccc7ccc6c5c4)c32)cc1. The maximum atomic E-state index is 2.52. The Labute approximate surface area is 368 Å². The van der Waals surface area contributed by atoms with Crippen molar-refractivity contribution in [3.8, 4) is 5.69 Å². The summed E-state index contributed by atoms with van der Waals surface area (Å²) in [5, 5.41) is 15.3. The van der Waals surface area contributed by atoms with Crippen LogP contribution in [0.4, 0.5) is 17.1 Å². The van der Waals surface area contributed by atoms with Crippen molar-refractivity contribution in [1.29, 1.82) is 0 Å². The summed E-state index contributed by atoms with van der Waals surface area (Å²) in [5.74, 6) is 0. The van der Waals surface area contributed by atoms with E-state index in [1.807, 2.05) is 0 Å². The predicted octanol–water partition coefficient (Wildman–Crippen LogP) is 13.1. The number of rotatable bonds is 8. The van der Waals surface area contributed by atoms with Gasteiger partial charge in [-0.2, -0.15) is 0 Å². The minimum absolute atomic E-state index is 1.10. The van der Waals surface area contributed by atoms with E-state index in [9.17, 15) is 0 Å². The van der Waals surface area contributed by atoms with Crippen molar-refractivity contribution in [1.82, 2.24) is 4.57 Å². The van der Waals surface area contributed by atoms with Crippen LogP contribution in [-0.2, 0) is 0 Å². The van der Waals surface area contributed by atoms with Crippen molar-refractivity contribution in [2.24, 2.45) is 0 Å². The molecular weight excluding hydrogens is 777 g/mol. The van der Waals surface area contributed by atoms with E-state index in [0.717, 1.165) is 28.3 Å². The van der Waals surface area contributed by atoms with Gasteiger partial charge >= 0.3 is 0 Å². The summed E-state index contributed by atoms with van der Waals surface area (Å²) < 4.78 is 2.45. The highest BCUT2D eigenvalue weighted by Crippen LogP contribution is 2.44. The summed E-state index contributed by atoms with van der Waals surface area (Å²) in [5.41, 5.74) is 6.79. The molecule has 0 amide bonds. The zero-order chi connectivity index (χ0) is 41.7. The molecule has 0 aliphatic heterocycles. The molecule has 0 unspecified atom stereocenters. The summed E-state index contributed by atoms with van der Waals surface area (Å²) in [6.07, 6.45) is 0. The Balaban J connectivity index is 1.19. The molecule has 296 valence electrons. The molecular formula is C60H42N2Si. The molecule has 0 spiro atoms. The van der Waals surface area contributed by atoms with Crippen LogP contribution in [0.5, 0.6) is 0 Å². The quantitative estimate of drug-likeness (QED) is 0.0842. The number of fused-ring (bicyclic) bond motifs is 8. The van der Waals surface area contributed by atoms with Crippen molar-refractivity contribution in [2.75, 3.05) is 4.90 Å². The Morgan fingerprint density at radius 2 is 0.794 bits per heavy atom. The summed E-state index contributed by atoms with van der Waals surface area (Å²) >= 11 is 0. The topological polar surface area (TPSA) is 8.17 Å². The van der Waals surface area contributed by atoms with E-state index in [1.54, 1.807) is 0 Å². The number of anilines is 3. The van der Waals surface area contributed by atoms with E-state index in [0.29, 0.717) is 0 Å². The van der Waals surface area contributed by atoms with Crippen LogP contribution in [0.1, 0.15) is 0 Å². The van der Waals surface area contributed by atoms with Gasteiger partial charge in [0, 0.05) is 27.8 Å². The molecule has 0 atom stereocenters. The molecule has 0 bridgehead atoms. The van der Waals surface area contributed by atoms with Crippen LogP contribution in [0.2, 0.25) is 0 Å². The summed E-state index contributed by atoms with van der Waals surface area (Å²) in [6.45, 7) is 0. The van der Waals surface area contributed by atoms with Crippen molar-refractivity contribution in [2.45, 2.75) is 0 Å². The third kappa shape index (κ3) is 5.93. The lowest BCUT2D eigenvalue weighted by Gasteiger charge is -2.35. The van der Waals surface area contributed by atoms with Crippen LogP contribution in [0.25, 0.3) is 59.8 Å². The highest BCUT2D eigenvalue weighted by Gasteiger charge is 2.41. The molecule has 12 aromatic rings. The number of nitrogens with zero attached hydrogens (tertiary/aromatic N) is 2. The Hall–Kier alpha value is -7.98. The summed E-state index contributed by atoms with van der Waals surface area (Å²) in [7, 11) is -2.86. The van der Waals surface area contributed by atoms with Gasteiger partial charge in [-0.05, 0) is 102 Å². The minimum Gasteiger partial charge on any atom is -0.308 e. The first-order valence-electron chi connectivity index (χ1n) is 21.8. The van der Waals surface area contributed by atoms with Gasteiger partial charge in [0.1, 0.15) is 0 Å². The lowest BCUT2D eigenvalue weighted by molar-refractivity contribution is 1.17. The smallest absolute Gasteiger partial charge is 0.179 e. The molecule has 0 radical (unpaired) electrons. The molecule has 3 heteroatoms. The van der Waals surface area contributed by atoms with E-state index in [2.05, 4.69) is 264 Å². The van der Waals surface area contributed by atoms with Crippen LogP contribution < -0.4 is 25.6 Å². The lowest BCUT2D eigenvalue weighted by atomic mass is 9.96. The zero-order valence-electron chi connectivity index (χ0n) is 34.6. The normalized spacial score (nSPS) is 11.8. The van der Waals surface area contributed by atoms with E-state index >= 15 is 0 Å². The molecule has 0 saturated carbocycles. The Morgan fingerprint density at radius 3 is 1.48 bits per heavy atom. The van der Waals surface area contributed by atoms with Crippen LogP contribution in [0.3, 0.4) is 0 Å². The molecule has 2 nitrogen and oxygen atoms in total. The highest BCUT2D eigenvalue weighted by molar-refractivity contribution is 7.19. The van der Waals surface area contributed by atoms with Gasteiger partial charge in [-0.3, -0.25) is 0 Å². The highest BCUT2D eigenvalue weighted by atomic mass is 28.3. The van der Waals surface area contributed by atoms with Gasteiger partial charge < -0.3 is 9.47 Å². The van der Waals surface area contributed by atoms with E-state index in [-0.39, 0.29) is 0 Å². The molecule has 0 N–H and O–H groups in total. The van der Waals surface area contributed by atoms with Crippen LogP contribution in [-0.4, -0.2) is 12.6 Å². The lowest BCUT2D eigenvalue weighted by Crippen LogP contribution is -2.74. The van der Waals surface area contributed by atoms with E-state index in [4.69, 9.17) is 0 Å². The molecule has 0 fully saturated rings. The van der Waals surface area contributed by atoms with Gasteiger partial charge in [0.2, 0.25) is 0 Å². The third-order valence-electron chi connectivity index (χ3n) is 13.1. The number of hydrogen-bond donors (Lipinski definition) is 0. The molecule has 0 aliphatic rings. The molecule has 63 heavy (non-hydrogen) atoms.